The highest BCUT2D eigenvalue weighted by Gasteiger charge is 2.13. The average molecular weight is 364 g/mol. The quantitative estimate of drug-likeness (QED) is 0.419. The Bertz CT molecular complexity index is 819. The number of nitrogens with zero attached hydrogens (tertiary/aromatic N) is 1. The van der Waals surface area contributed by atoms with E-state index in [0.29, 0.717) is 11.3 Å². The van der Waals surface area contributed by atoms with E-state index in [1.165, 1.54) is 29.8 Å². The largest absolute Gasteiger partial charge is 0.492 e. The highest BCUT2D eigenvalue weighted by molar-refractivity contribution is 7.88. The minimum Gasteiger partial charge on any atom is -0.492 e. The summed E-state index contributed by atoms with van der Waals surface area (Å²) in [5.74, 6) is 0.356. The van der Waals surface area contributed by atoms with Crippen LogP contribution in [0.3, 0.4) is 0 Å². The van der Waals surface area contributed by atoms with Crippen LogP contribution in [0.4, 0.5) is 5.69 Å². The highest BCUT2D eigenvalue weighted by Crippen LogP contribution is 2.15. The standard InChI is InChI=1S/C17H20N2O5S/c1-2-14-6-8-17(9-7-14)24-11-10-18-25(22,23)13-15-4-3-5-16(12-15)19(20)21/h3-9,12,18H,2,10-11,13H2,1H3. The normalized spacial score (nSPS) is 11.2. The number of ether oxygens (including phenoxy) is 1. The zero-order chi connectivity index (χ0) is 18.3. The molecule has 2 aromatic carbocycles. The number of rotatable bonds is 9. The van der Waals surface area contributed by atoms with Crippen molar-refractivity contribution in [2.75, 3.05) is 13.2 Å². The van der Waals surface area contributed by atoms with Crippen molar-refractivity contribution in [2.24, 2.45) is 0 Å². The summed E-state index contributed by atoms with van der Waals surface area (Å²) in [5.41, 5.74) is 1.43. The van der Waals surface area contributed by atoms with Crippen molar-refractivity contribution in [2.45, 2.75) is 19.1 Å². The van der Waals surface area contributed by atoms with Gasteiger partial charge in [-0.2, -0.15) is 0 Å². The van der Waals surface area contributed by atoms with Gasteiger partial charge in [0.2, 0.25) is 10.0 Å². The van der Waals surface area contributed by atoms with E-state index in [1.54, 1.807) is 0 Å². The first-order chi connectivity index (χ1) is 11.9. The molecule has 8 heteroatoms. The van der Waals surface area contributed by atoms with Crippen molar-refractivity contribution in [3.05, 3.63) is 69.8 Å². The van der Waals surface area contributed by atoms with Crippen molar-refractivity contribution in [1.82, 2.24) is 4.72 Å². The molecule has 2 rings (SSSR count). The van der Waals surface area contributed by atoms with Gasteiger partial charge >= 0.3 is 0 Å². The monoisotopic (exact) mass is 364 g/mol. The lowest BCUT2D eigenvalue weighted by Crippen LogP contribution is -2.29. The van der Waals surface area contributed by atoms with Crippen molar-refractivity contribution < 1.29 is 18.1 Å². The van der Waals surface area contributed by atoms with Crippen molar-refractivity contribution in [1.29, 1.82) is 0 Å². The van der Waals surface area contributed by atoms with E-state index in [1.807, 2.05) is 24.3 Å². The van der Waals surface area contributed by atoms with Gasteiger partial charge in [-0.05, 0) is 29.7 Å². The van der Waals surface area contributed by atoms with Crippen LogP contribution in [0, 0.1) is 10.1 Å². The van der Waals surface area contributed by atoms with Crippen LogP contribution in [0.15, 0.2) is 48.5 Å². The van der Waals surface area contributed by atoms with Gasteiger partial charge in [-0.15, -0.1) is 0 Å². The van der Waals surface area contributed by atoms with Crippen LogP contribution in [0.2, 0.25) is 0 Å². The number of non-ortho nitro benzene ring substituents is 1. The summed E-state index contributed by atoms with van der Waals surface area (Å²) in [5, 5.41) is 10.7. The Labute approximate surface area is 146 Å². The first-order valence-corrected chi connectivity index (χ1v) is 9.47. The van der Waals surface area contributed by atoms with Gasteiger partial charge in [-0.3, -0.25) is 10.1 Å². The van der Waals surface area contributed by atoms with Gasteiger partial charge in [0.1, 0.15) is 12.4 Å². The Morgan fingerprint density at radius 3 is 2.48 bits per heavy atom. The molecular weight excluding hydrogens is 344 g/mol. The average Bonchev–Trinajstić information content (AvgIpc) is 2.59. The Morgan fingerprint density at radius 2 is 1.84 bits per heavy atom. The molecule has 0 aromatic heterocycles. The fraction of sp³-hybridized carbons (Fsp3) is 0.294. The maximum atomic E-state index is 12.0. The number of nitro groups is 1. The minimum atomic E-state index is -3.59. The smallest absolute Gasteiger partial charge is 0.269 e. The van der Waals surface area contributed by atoms with Crippen molar-refractivity contribution in [3.63, 3.8) is 0 Å². The van der Waals surface area contributed by atoms with E-state index in [4.69, 9.17) is 4.74 Å². The molecule has 0 radical (unpaired) electrons. The number of aryl methyl sites for hydroxylation is 1. The van der Waals surface area contributed by atoms with Gasteiger partial charge in [-0.1, -0.05) is 31.2 Å². The van der Waals surface area contributed by atoms with E-state index < -0.39 is 14.9 Å². The molecule has 0 saturated heterocycles. The third-order valence-electron chi connectivity index (χ3n) is 3.50. The summed E-state index contributed by atoms with van der Waals surface area (Å²) in [4.78, 5) is 10.2. The predicted molar refractivity (Wildman–Crippen MR) is 95.0 cm³/mol. The van der Waals surface area contributed by atoms with Crippen LogP contribution in [0.1, 0.15) is 18.1 Å². The molecule has 1 N–H and O–H groups in total. The molecule has 0 amide bonds. The lowest BCUT2D eigenvalue weighted by molar-refractivity contribution is -0.384. The number of benzene rings is 2. The molecule has 0 aliphatic rings. The topological polar surface area (TPSA) is 98.5 Å². The molecule has 0 fully saturated rings. The van der Waals surface area contributed by atoms with Crippen LogP contribution in [-0.2, 0) is 22.2 Å². The maximum Gasteiger partial charge on any atom is 0.269 e. The second kappa shape index (κ2) is 8.59. The van der Waals surface area contributed by atoms with E-state index >= 15 is 0 Å². The number of nitro benzene ring substituents is 1. The Hall–Kier alpha value is -2.45. The van der Waals surface area contributed by atoms with Gasteiger partial charge in [-0.25, -0.2) is 13.1 Å². The summed E-state index contributed by atoms with van der Waals surface area (Å²) in [7, 11) is -3.59. The maximum absolute atomic E-state index is 12.0. The van der Waals surface area contributed by atoms with Crippen LogP contribution >= 0.6 is 0 Å². The predicted octanol–water partition coefficient (Wildman–Crippen LogP) is 2.66. The van der Waals surface area contributed by atoms with Crippen LogP contribution in [0.25, 0.3) is 0 Å². The lowest BCUT2D eigenvalue weighted by Gasteiger charge is -2.09. The summed E-state index contributed by atoms with van der Waals surface area (Å²) in [6, 6.07) is 13.2. The molecule has 0 aliphatic carbocycles. The fourth-order valence-electron chi connectivity index (χ4n) is 2.22. The second-order valence-electron chi connectivity index (χ2n) is 5.43. The van der Waals surface area contributed by atoms with Crippen molar-refractivity contribution >= 4 is 15.7 Å². The SMILES string of the molecule is CCc1ccc(OCCNS(=O)(=O)Cc2cccc([N+](=O)[O-])c2)cc1. The first kappa shape index (κ1) is 18.9. The van der Waals surface area contributed by atoms with Crippen LogP contribution < -0.4 is 9.46 Å². The number of sulfonamides is 1. The third-order valence-corrected chi connectivity index (χ3v) is 4.86. The molecular formula is C17H20N2O5S. The number of nitrogens with one attached hydrogen (secondary N) is 1. The number of hydrogen-bond donors (Lipinski definition) is 1. The lowest BCUT2D eigenvalue weighted by atomic mass is 10.2. The minimum absolute atomic E-state index is 0.118. The third kappa shape index (κ3) is 6.17. The van der Waals surface area contributed by atoms with Crippen LogP contribution in [-0.4, -0.2) is 26.5 Å². The van der Waals surface area contributed by atoms with Gasteiger partial charge in [0.05, 0.1) is 10.7 Å². The van der Waals surface area contributed by atoms with E-state index in [2.05, 4.69) is 11.6 Å². The van der Waals surface area contributed by atoms with Crippen molar-refractivity contribution in [3.8, 4) is 5.75 Å². The van der Waals surface area contributed by atoms with Gasteiger partial charge in [0.15, 0.2) is 0 Å². The molecule has 0 unspecified atom stereocenters. The Morgan fingerprint density at radius 1 is 1.12 bits per heavy atom. The zero-order valence-electron chi connectivity index (χ0n) is 13.8. The van der Waals surface area contributed by atoms with Crippen LogP contribution in [0.5, 0.6) is 5.75 Å². The van der Waals surface area contributed by atoms with Gasteiger partial charge in [0.25, 0.3) is 5.69 Å². The molecule has 0 saturated carbocycles. The van der Waals surface area contributed by atoms with E-state index in [9.17, 15) is 18.5 Å². The molecule has 134 valence electrons. The molecule has 2 aromatic rings. The molecule has 0 aliphatic heterocycles. The molecule has 0 bridgehead atoms. The summed E-state index contributed by atoms with van der Waals surface area (Å²) >= 11 is 0. The van der Waals surface area contributed by atoms with Gasteiger partial charge in [0, 0.05) is 18.7 Å². The number of hydrogen-bond acceptors (Lipinski definition) is 5. The zero-order valence-corrected chi connectivity index (χ0v) is 14.7. The van der Waals surface area contributed by atoms with Gasteiger partial charge < -0.3 is 4.74 Å². The molecule has 7 nitrogen and oxygen atoms in total. The van der Waals surface area contributed by atoms with E-state index in [-0.39, 0.29) is 24.6 Å². The molecule has 0 spiro atoms. The first-order valence-electron chi connectivity index (χ1n) is 7.82. The Balaban J connectivity index is 1.82. The highest BCUT2D eigenvalue weighted by atomic mass is 32.2. The molecule has 0 heterocycles. The summed E-state index contributed by atoms with van der Waals surface area (Å²) < 4.78 is 32.0. The fourth-order valence-corrected chi connectivity index (χ4v) is 3.33. The Kier molecular flexibility index (Phi) is 6.49. The summed E-state index contributed by atoms with van der Waals surface area (Å²) in [6.45, 7) is 2.37. The summed E-state index contributed by atoms with van der Waals surface area (Å²) in [6.07, 6.45) is 0.942. The van der Waals surface area contributed by atoms with E-state index in [0.717, 1.165) is 6.42 Å². The molecule has 25 heavy (non-hydrogen) atoms. The molecule has 0 atom stereocenters. The second-order valence-corrected chi connectivity index (χ2v) is 7.23.